The zero-order valence-electron chi connectivity index (χ0n) is 9.60. The molecule has 1 aliphatic rings. The molecule has 1 aliphatic carbocycles. The lowest BCUT2D eigenvalue weighted by molar-refractivity contribution is 0.304. The Morgan fingerprint density at radius 3 is 2.94 bits per heavy atom. The minimum Gasteiger partial charge on any atom is -0.490 e. The van der Waals surface area contributed by atoms with E-state index in [9.17, 15) is 0 Å². The molecular weight excluding hydrogens is 298 g/mol. The molecule has 0 aliphatic heterocycles. The highest BCUT2D eigenvalue weighted by Gasteiger charge is 2.25. The van der Waals surface area contributed by atoms with Crippen molar-refractivity contribution in [2.45, 2.75) is 25.5 Å². The maximum absolute atomic E-state index is 5.83. The molecule has 0 atom stereocenters. The zero-order valence-corrected chi connectivity index (χ0v) is 11.2. The standard InChI is InChI=1S/C12H12BrN3O2/c13-7-1-4-10(17-8-2-3-8)9(5-7)12-15-11(6-14)18-16-12/h1,4-5,8H,2-3,6,14H2. The van der Waals surface area contributed by atoms with Gasteiger partial charge >= 0.3 is 0 Å². The van der Waals surface area contributed by atoms with Crippen molar-refractivity contribution in [3.63, 3.8) is 0 Å². The fraction of sp³-hybridized carbons (Fsp3) is 0.333. The van der Waals surface area contributed by atoms with E-state index in [0.29, 0.717) is 17.8 Å². The van der Waals surface area contributed by atoms with Crippen molar-refractivity contribution >= 4 is 15.9 Å². The average molecular weight is 310 g/mol. The predicted octanol–water partition coefficient (Wildman–Crippen LogP) is 2.50. The van der Waals surface area contributed by atoms with E-state index < -0.39 is 0 Å². The zero-order chi connectivity index (χ0) is 12.5. The monoisotopic (exact) mass is 309 g/mol. The van der Waals surface area contributed by atoms with Crippen molar-refractivity contribution in [3.05, 3.63) is 28.6 Å². The first-order valence-corrected chi connectivity index (χ1v) is 6.55. The van der Waals surface area contributed by atoms with Gasteiger partial charge in [0, 0.05) is 4.47 Å². The Morgan fingerprint density at radius 1 is 1.44 bits per heavy atom. The van der Waals surface area contributed by atoms with Crippen LogP contribution < -0.4 is 10.5 Å². The van der Waals surface area contributed by atoms with Crippen LogP contribution in [0.4, 0.5) is 0 Å². The predicted molar refractivity (Wildman–Crippen MR) is 69.0 cm³/mol. The number of hydrogen-bond donors (Lipinski definition) is 1. The van der Waals surface area contributed by atoms with Crippen LogP contribution in [0.3, 0.4) is 0 Å². The molecule has 0 saturated heterocycles. The van der Waals surface area contributed by atoms with Gasteiger partial charge in [0.1, 0.15) is 5.75 Å². The van der Waals surface area contributed by atoms with Gasteiger partial charge in [-0.2, -0.15) is 4.98 Å². The highest BCUT2D eigenvalue weighted by atomic mass is 79.9. The Bertz CT molecular complexity index is 566. The summed E-state index contributed by atoms with van der Waals surface area (Å²) in [4.78, 5) is 4.22. The van der Waals surface area contributed by atoms with Gasteiger partial charge in [-0.1, -0.05) is 21.1 Å². The van der Waals surface area contributed by atoms with Crippen LogP contribution in [0.5, 0.6) is 5.75 Å². The largest absolute Gasteiger partial charge is 0.490 e. The Labute approximate surface area is 112 Å². The van der Waals surface area contributed by atoms with Crippen molar-refractivity contribution in [2.75, 3.05) is 0 Å². The van der Waals surface area contributed by atoms with Gasteiger partial charge in [0.25, 0.3) is 0 Å². The number of benzene rings is 1. The van der Waals surface area contributed by atoms with E-state index in [-0.39, 0.29) is 6.54 Å². The van der Waals surface area contributed by atoms with E-state index in [0.717, 1.165) is 28.6 Å². The van der Waals surface area contributed by atoms with E-state index in [4.69, 9.17) is 15.0 Å². The van der Waals surface area contributed by atoms with Crippen molar-refractivity contribution < 1.29 is 9.26 Å². The Kier molecular flexibility index (Phi) is 3.05. The summed E-state index contributed by atoms with van der Waals surface area (Å²) in [6, 6.07) is 5.77. The van der Waals surface area contributed by atoms with Gasteiger partial charge in [0.2, 0.25) is 11.7 Å². The summed E-state index contributed by atoms with van der Waals surface area (Å²) in [5.74, 6) is 1.71. The van der Waals surface area contributed by atoms with Gasteiger partial charge < -0.3 is 15.0 Å². The molecule has 1 saturated carbocycles. The van der Waals surface area contributed by atoms with Crippen LogP contribution in [0.25, 0.3) is 11.4 Å². The number of halogens is 1. The third-order valence-corrected chi connectivity index (χ3v) is 3.14. The van der Waals surface area contributed by atoms with Crippen molar-refractivity contribution in [1.29, 1.82) is 0 Å². The number of hydrogen-bond acceptors (Lipinski definition) is 5. The fourth-order valence-corrected chi connectivity index (χ4v) is 1.95. The molecule has 3 rings (SSSR count). The smallest absolute Gasteiger partial charge is 0.240 e. The van der Waals surface area contributed by atoms with Crippen LogP contribution in [0.1, 0.15) is 18.7 Å². The topological polar surface area (TPSA) is 74.2 Å². The van der Waals surface area contributed by atoms with E-state index in [1.807, 2.05) is 18.2 Å². The molecule has 6 heteroatoms. The maximum atomic E-state index is 5.83. The van der Waals surface area contributed by atoms with Crippen LogP contribution >= 0.6 is 15.9 Å². The van der Waals surface area contributed by atoms with Crippen molar-refractivity contribution in [2.24, 2.45) is 5.73 Å². The third kappa shape index (κ3) is 2.39. The van der Waals surface area contributed by atoms with Crippen LogP contribution in [0, 0.1) is 0 Å². The molecule has 1 fully saturated rings. The van der Waals surface area contributed by atoms with Gasteiger partial charge in [0.15, 0.2) is 0 Å². The summed E-state index contributed by atoms with van der Waals surface area (Å²) < 4.78 is 11.8. The third-order valence-electron chi connectivity index (χ3n) is 2.64. The summed E-state index contributed by atoms with van der Waals surface area (Å²) in [5.41, 5.74) is 6.28. The molecule has 94 valence electrons. The second-order valence-electron chi connectivity index (χ2n) is 4.17. The van der Waals surface area contributed by atoms with E-state index >= 15 is 0 Å². The lowest BCUT2D eigenvalue weighted by atomic mass is 10.2. The second-order valence-corrected chi connectivity index (χ2v) is 5.09. The molecular formula is C12H12BrN3O2. The van der Waals surface area contributed by atoms with Crippen LogP contribution in [0.15, 0.2) is 27.2 Å². The molecule has 0 spiro atoms. The molecule has 0 unspecified atom stereocenters. The van der Waals surface area contributed by atoms with E-state index in [1.165, 1.54) is 0 Å². The molecule has 0 radical (unpaired) electrons. The number of nitrogens with two attached hydrogens (primary N) is 1. The quantitative estimate of drug-likeness (QED) is 0.939. The Morgan fingerprint density at radius 2 is 2.28 bits per heavy atom. The number of rotatable bonds is 4. The molecule has 1 aromatic carbocycles. The highest BCUT2D eigenvalue weighted by Crippen LogP contribution is 2.35. The maximum Gasteiger partial charge on any atom is 0.240 e. The Hall–Kier alpha value is -1.40. The molecule has 1 heterocycles. The van der Waals surface area contributed by atoms with Crippen LogP contribution in [-0.2, 0) is 6.54 Å². The number of aromatic nitrogens is 2. The lowest BCUT2D eigenvalue weighted by Crippen LogP contribution is -1.99. The molecule has 1 aromatic heterocycles. The first kappa shape index (κ1) is 11.7. The van der Waals surface area contributed by atoms with Gasteiger partial charge in [-0.05, 0) is 31.0 Å². The van der Waals surface area contributed by atoms with E-state index in [2.05, 4.69) is 26.1 Å². The van der Waals surface area contributed by atoms with Gasteiger partial charge in [0.05, 0.1) is 18.2 Å². The van der Waals surface area contributed by atoms with Crippen LogP contribution in [0.2, 0.25) is 0 Å². The summed E-state index contributed by atoms with van der Waals surface area (Å²) >= 11 is 3.43. The van der Waals surface area contributed by atoms with Crippen molar-refractivity contribution in [3.8, 4) is 17.1 Å². The summed E-state index contributed by atoms with van der Waals surface area (Å²) in [5, 5.41) is 3.92. The first-order chi connectivity index (χ1) is 8.76. The van der Waals surface area contributed by atoms with Gasteiger partial charge in [-0.25, -0.2) is 0 Å². The Balaban J connectivity index is 1.99. The van der Waals surface area contributed by atoms with Crippen molar-refractivity contribution in [1.82, 2.24) is 10.1 Å². The summed E-state index contributed by atoms with van der Waals surface area (Å²) in [7, 11) is 0. The minimum atomic E-state index is 0.236. The highest BCUT2D eigenvalue weighted by molar-refractivity contribution is 9.10. The normalized spacial score (nSPS) is 14.8. The molecule has 2 N–H and O–H groups in total. The minimum absolute atomic E-state index is 0.236. The average Bonchev–Trinajstić information content (AvgIpc) is 3.06. The number of ether oxygens (including phenoxy) is 1. The second kappa shape index (κ2) is 4.70. The fourth-order valence-electron chi connectivity index (χ4n) is 1.59. The molecule has 2 aromatic rings. The molecule has 0 bridgehead atoms. The van der Waals surface area contributed by atoms with Crippen LogP contribution in [-0.4, -0.2) is 16.2 Å². The van der Waals surface area contributed by atoms with Gasteiger partial charge in [-0.3, -0.25) is 0 Å². The molecule has 5 nitrogen and oxygen atoms in total. The number of nitrogens with zero attached hydrogens (tertiary/aromatic N) is 2. The molecule has 18 heavy (non-hydrogen) atoms. The summed E-state index contributed by atoms with van der Waals surface area (Å²) in [6.45, 7) is 0.236. The van der Waals surface area contributed by atoms with Gasteiger partial charge in [-0.15, -0.1) is 0 Å². The summed E-state index contributed by atoms with van der Waals surface area (Å²) in [6.07, 6.45) is 2.54. The van der Waals surface area contributed by atoms with E-state index in [1.54, 1.807) is 0 Å². The molecule has 0 amide bonds. The first-order valence-electron chi connectivity index (χ1n) is 5.75. The SMILES string of the molecule is NCc1nc(-c2cc(Br)ccc2OC2CC2)no1. The lowest BCUT2D eigenvalue weighted by Gasteiger charge is -2.08.